The molecule has 0 radical (unpaired) electrons. The van der Waals surface area contributed by atoms with E-state index in [0.717, 1.165) is 5.56 Å². The van der Waals surface area contributed by atoms with Crippen molar-refractivity contribution >= 4 is 28.3 Å². The molecule has 5 rings (SSSR count). The molecule has 1 saturated heterocycles. The Morgan fingerprint density at radius 2 is 2.06 bits per heavy atom. The molecule has 0 bridgehead atoms. The third-order valence-electron chi connectivity index (χ3n) is 6.45. The number of furan rings is 1. The summed E-state index contributed by atoms with van der Waals surface area (Å²) in [6, 6.07) is 7.02. The minimum absolute atomic E-state index is 0.0308. The average molecular weight is 463 g/mol. The third kappa shape index (κ3) is 3.49. The first-order chi connectivity index (χ1) is 16.3. The number of ether oxygens (including phenoxy) is 1. The number of hydrogen-bond acceptors (Lipinski definition) is 6. The number of likely N-dealkylation sites (tertiary alicyclic amines) is 1. The molecule has 2 N–H and O–H groups in total. The number of benzene rings is 1. The first-order valence-electron chi connectivity index (χ1n) is 11.2. The maximum Gasteiger partial charge on any atom is 0.256 e. The molecule has 1 fully saturated rings. The molecule has 1 aromatic carbocycles. The van der Waals surface area contributed by atoms with Crippen molar-refractivity contribution in [3.63, 3.8) is 0 Å². The SMILES string of the molecule is CNC(=O)c1c(C)oc2cc(Oc3ccnn4cc(C(=O)N5C[C@H](O)C[C@@H]5C)c(C)c34)ccc12. The summed E-state index contributed by atoms with van der Waals surface area (Å²) in [5, 5.41) is 17.7. The van der Waals surface area contributed by atoms with Crippen LogP contribution in [-0.4, -0.2) is 57.2 Å². The number of carbonyl (C=O) groups is 2. The highest BCUT2D eigenvalue weighted by Gasteiger charge is 2.33. The molecule has 9 heteroatoms. The number of rotatable bonds is 4. The van der Waals surface area contributed by atoms with E-state index in [1.165, 1.54) is 0 Å². The number of aromatic nitrogens is 2. The fourth-order valence-corrected chi connectivity index (χ4v) is 4.76. The van der Waals surface area contributed by atoms with Gasteiger partial charge in [-0.1, -0.05) is 0 Å². The Morgan fingerprint density at radius 1 is 1.26 bits per heavy atom. The zero-order valence-electron chi connectivity index (χ0n) is 19.5. The highest BCUT2D eigenvalue weighted by atomic mass is 16.5. The normalized spacial score (nSPS) is 18.1. The van der Waals surface area contributed by atoms with Gasteiger partial charge in [-0.15, -0.1) is 0 Å². The molecule has 0 spiro atoms. The molecule has 2 atom stereocenters. The summed E-state index contributed by atoms with van der Waals surface area (Å²) in [4.78, 5) is 27.1. The Morgan fingerprint density at radius 3 is 2.76 bits per heavy atom. The van der Waals surface area contributed by atoms with Crippen LogP contribution in [0.5, 0.6) is 11.5 Å². The van der Waals surface area contributed by atoms with Crippen molar-refractivity contribution in [2.75, 3.05) is 13.6 Å². The highest BCUT2D eigenvalue weighted by molar-refractivity contribution is 6.07. The van der Waals surface area contributed by atoms with Crippen LogP contribution in [0.3, 0.4) is 0 Å². The lowest BCUT2D eigenvalue weighted by Gasteiger charge is -2.20. The van der Waals surface area contributed by atoms with Crippen molar-refractivity contribution in [1.82, 2.24) is 19.8 Å². The zero-order chi connectivity index (χ0) is 24.1. The molecule has 2 amide bonds. The lowest BCUT2D eigenvalue weighted by atomic mass is 10.1. The minimum Gasteiger partial charge on any atom is -0.460 e. The molecule has 9 nitrogen and oxygen atoms in total. The maximum absolute atomic E-state index is 13.2. The van der Waals surface area contributed by atoms with Crippen molar-refractivity contribution in [3.8, 4) is 11.5 Å². The van der Waals surface area contributed by atoms with E-state index in [2.05, 4.69) is 10.4 Å². The number of fused-ring (bicyclic) bond motifs is 2. The topological polar surface area (TPSA) is 109 Å². The van der Waals surface area contributed by atoms with Crippen LogP contribution >= 0.6 is 0 Å². The van der Waals surface area contributed by atoms with Crippen molar-refractivity contribution in [2.24, 2.45) is 0 Å². The van der Waals surface area contributed by atoms with Crippen LogP contribution < -0.4 is 10.1 Å². The van der Waals surface area contributed by atoms with Crippen molar-refractivity contribution in [1.29, 1.82) is 0 Å². The van der Waals surface area contributed by atoms with Gasteiger partial charge in [-0.05, 0) is 44.9 Å². The van der Waals surface area contributed by atoms with Crippen LogP contribution in [0.2, 0.25) is 0 Å². The fourth-order valence-electron chi connectivity index (χ4n) is 4.76. The minimum atomic E-state index is -0.502. The number of β-amino-alcohol motifs (C(OH)–C–C–N with tert-alkyl or cyclic N) is 1. The van der Waals surface area contributed by atoms with E-state index < -0.39 is 6.10 Å². The smallest absolute Gasteiger partial charge is 0.256 e. The molecule has 4 aromatic rings. The van der Waals surface area contributed by atoms with E-state index in [4.69, 9.17) is 9.15 Å². The summed E-state index contributed by atoms with van der Waals surface area (Å²) in [6.07, 6.45) is 3.38. The number of aryl methyl sites for hydroxylation is 2. The van der Waals surface area contributed by atoms with Crippen LogP contribution in [0.1, 0.15) is 45.4 Å². The van der Waals surface area contributed by atoms with Gasteiger partial charge in [0.1, 0.15) is 22.6 Å². The lowest BCUT2D eigenvalue weighted by molar-refractivity contribution is 0.0725. The van der Waals surface area contributed by atoms with Crippen LogP contribution in [0, 0.1) is 13.8 Å². The predicted octanol–water partition coefficient (Wildman–Crippen LogP) is 3.44. The van der Waals surface area contributed by atoms with E-state index in [1.54, 1.807) is 60.0 Å². The number of nitrogens with zero attached hydrogens (tertiary/aromatic N) is 3. The largest absolute Gasteiger partial charge is 0.460 e. The number of hydrogen-bond donors (Lipinski definition) is 2. The van der Waals surface area contributed by atoms with Gasteiger partial charge in [-0.2, -0.15) is 5.10 Å². The summed E-state index contributed by atoms with van der Waals surface area (Å²) in [6.45, 7) is 5.88. The monoisotopic (exact) mass is 462 g/mol. The van der Waals surface area contributed by atoms with Gasteiger partial charge < -0.3 is 24.5 Å². The van der Waals surface area contributed by atoms with E-state index in [1.807, 2.05) is 13.8 Å². The van der Waals surface area contributed by atoms with Crippen LogP contribution in [0.15, 0.2) is 41.1 Å². The number of amides is 2. The quantitative estimate of drug-likeness (QED) is 0.481. The van der Waals surface area contributed by atoms with Gasteiger partial charge in [0.25, 0.3) is 11.8 Å². The second kappa shape index (κ2) is 8.18. The van der Waals surface area contributed by atoms with Gasteiger partial charge in [0.2, 0.25) is 0 Å². The molecule has 4 heterocycles. The predicted molar refractivity (Wildman–Crippen MR) is 125 cm³/mol. The molecule has 1 aliphatic heterocycles. The number of nitrogens with one attached hydrogen (secondary N) is 1. The fraction of sp³-hybridized carbons (Fsp3) is 0.320. The van der Waals surface area contributed by atoms with Gasteiger partial charge in [0, 0.05) is 43.4 Å². The van der Waals surface area contributed by atoms with Crippen molar-refractivity contribution < 1.29 is 23.8 Å². The van der Waals surface area contributed by atoms with Gasteiger partial charge in [0.15, 0.2) is 5.75 Å². The molecule has 176 valence electrons. The number of aliphatic hydroxyl groups excluding tert-OH is 1. The van der Waals surface area contributed by atoms with Crippen molar-refractivity contribution in [3.05, 3.63) is 59.1 Å². The Balaban J connectivity index is 1.51. The molecule has 1 aliphatic rings. The Labute approximate surface area is 195 Å². The third-order valence-corrected chi connectivity index (χ3v) is 6.45. The maximum atomic E-state index is 13.2. The molecule has 0 unspecified atom stereocenters. The average Bonchev–Trinajstić information content (AvgIpc) is 3.44. The first kappa shape index (κ1) is 22.0. The molecule has 0 aliphatic carbocycles. The molecule has 0 saturated carbocycles. The summed E-state index contributed by atoms with van der Waals surface area (Å²) < 4.78 is 13.6. The molecular weight excluding hydrogens is 436 g/mol. The summed E-state index contributed by atoms with van der Waals surface area (Å²) in [7, 11) is 1.58. The van der Waals surface area contributed by atoms with Gasteiger partial charge in [0.05, 0.1) is 23.4 Å². The van der Waals surface area contributed by atoms with E-state index >= 15 is 0 Å². The highest BCUT2D eigenvalue weighted by Crippen LogP contribution is 2.34. The molecular formula is C25H26N4O5. The molecule has 34 heavy (non-hydrogen) atoms. The number of aliphatic hydroxyl groups is 1. The van der Waals surface area contributed by atoms with Crippen LogP contribution in [0.4, 0.5) is 0 Å². The Hall–Kier alpha value is -3.85. The second-order valence-electron chi connectivity index (χ2n) is 8.72. The lowest BCUT2D eigenvalue weighted by Crippen LogP contribution is -2.34. The van der Waals surface area contributed by atoms with Gasteiger partial charge >= 0.3 is 0 Å². The van der Waals surface area contributed by atoms with Gasteiger partial charge in [-0.25, -0.2) is 4.52 Å². The number of carbonyl (C=O) groups excluding carboxylic acids is 2. The van der Waals surface area contributed by atoms with Crippen molar-refractivity contribution in [2.45, 2.75) is 39.3 Å². The van der Waals surface area contributed by atoms with Gasteiger partial charge in [-0.3, -0.25) is 9.59 Å². The first-order valence-corrected chi connectivity index (χ1v) is 11.2. The second-order valence-corrected chi connectivity index (χ2v) is 8.72. The van der Waals surface area contributed by atoms with E-state index in [9.17, 15) is 14.7 Å². The summed E-state index contributed by atoms with van der Waals surface area (Å²) in [5.74, 6) is 1.26. The summed E-state index contributed by atoms with van der Waals surface area (Å²) in [5.41, 5.74) is 3.00. The van der Waals surface area contributed by atoms with E-state index in [-0.39, 0.29) is 17.9 Å². The molecule has 3 aromatic heterocycles. The summed E-state index contributed by atoms with van der Waals surface area (Å²) >= 11 is 0. The Bertz CT molecular complexity index is 1440. The van der Waals surface area contributed by atoms with Crippen LogP contribution in [0.25, 0.3) is 16.5 Å². The standard InChI is InChI=1S/C25H26N4O5/c1-13-9-16(30)11-28(13)25(32)19-12-29-23(14(19)2)20(7-8-27-29)34-17-5-6-18-21(10-17)33-15(3)22(18)24(31)26-4/h5-8,10,12-13,16,30H,9,11H2,1-4H3,(H,26,31)/t13-,16+/m0/s1. The van der Waals surface area contributed by atoms with Crippen LogP contribution in [-0.2, 0) is 0 Å². The Kier molecular flexibility index (Phi) is 5.28. The zero-order valence-corrected chi connectivity index (χ0v) is 19.5. The van der Waals surface area contributed by atoms with E-state index in [0.29, 0.717) is 57.8 Å².